The molecule has 24 heavy (non-hydrogen) atoms. The highest BCUT2D eigenvalue weighted by Gasteiger charge is 2.34. The van der Waals surface area contributed by atoms with E-state index in [1.165, 1.54) is 22.2 Å². The summed E-state index contributed by atoms with van der Waals surface area (Å²) in [6.45, 7) is 0.400. The van der Waals surface area contributed by atoms with E-state index in [-0.39, 0.29) is 29.8 Å². The first kappa shape index (κ1) is 16.6. The number of hydrazine groups is 1. The number of benzene rings is 1. The molecule has 1 saturated heterocycles. The Morgan fingerprint density at radius 3 is 2.75 bits per heavy atom. The number of morpholine rings is 1. The first-order valence-electron chi connectivity index (χ1n) is 7.22. The van der Waals surface area contributed by atoms with Crippen LogP contribution in [0.15, 0.2) is 42.5 Å². The summed E-state index contributed by atoms with van der Waals surface area (Å²) in [4.78, 5) is 14.9. The van der Waals surface area contributed by atoms with Gasteiger partial charge in [0.05, 0.1) is 23.8 Å². The van der Waals surface area contributed by atoms with E-state index in [9.17, 15) is 14.5 Å². The van der Waals surface area contributed by atoms with E-state index in [4.69, 9.17) is 16.3 Å². The van der Waals surface area contributed by atoms with E-state index < -0.39 is 11.2 Å². The van der Waals surface area contributed by atoms with Crippen LogP contribution in [0.25, 0.3) is 0 Å². The first-order chi connectivity index (χ1) is 11.6. The van der Waals surface area contributed by atoms with Gasteiger partial charge in [0, 0.05) is 12.6 Å². The zero-order valence-corrected chi connectivity index (χ0v) is 13.3. The lowest BCUT2D eigenvalue weighted by molar-refractivity contribution is -0.384. The molecule has 1 aromatic heterocycles. The third kappa shape index (κ3) is 3.30. The van der Waals surface area contributed by atoms with Crippen LogP contribution in [0.4, 0.5) is 21.6 Å². The van der Waals surface area contributed by atoms with Crippen molar-refractivity contribution in [1.29, 1.82) is 0 Å². The van der Waals surface area contributed by atoms with E-state index in [0.29, 0.717) is 12.3 Å². The van der Waals surface area contributed by atoms with Crippen LogP contribution < -0.4 is 5.01 Å². The minimum Gasteiger partial charge on any atom is -0.376 e. The maximum absolute atomic E-state index is 14.4. The van der Waals surface area contributed by atoms with Gasteiger partial charge in [0.25, 0.3) is 0 Å². The quantitative estimate of drug-likeness (QED) is 0.364. The van der Waals surface area contributed by atoms with Crippen LogP contribution in [0.2, 0.25) is 5.15 Å². The smallest absolute Gasteiger partial charge is 0.313 e. The lowest BCUT2D eigenvalue weighted by atomic mass is 10.3. The average molecular weight is 353 g/mol. The fourth-order valence-electron chi connectivity index (χ4n) is 2.47. The minimum atomic E-state index is -1.46. The second-order valence-corrected chi connectivity index (χ2v) is 5.44. The topological polar surface area (TPSA) is 71.7 Å². The fourth-order valence-corrected chi connectivity index (χ4v) is 2.61. The fraction of sp³-hybridized carbons (Fsp3) is 0.267. The predicted molar refractivity (Wildman–Crippen MR) is 86.9 cm³/mol. The molecule has 1 unspecified atom stereocenters. The van der Waals surface area contributed by atoms with Crippen molar-refractivity contribution in [2.24, 2.45) is 0 Å². The molecule has 0 aliphatic carbocycles. The molecule has 0 radical (unpaired) electrons. The van der Waals surface area contributed by atoms with Gasteiger partial charge in [0.2, 0.25) is 5.82 Å². The van der Waals surface area contributed by atoms with Gasteiger partial charge < -0.3 is 4.74 Å². The Bertz CT molecular complexity index is 734. The number of aromatic nitrogens is 1. The van der Waals surface area contributed by atoms with E-state index in [1.54, 1.807) is 30.3 Å². The van der Waals surface area contributed by atoms with Crippen LogP contribution in [-0.4, -0.2) is 41.0 Å². The van der Waals surface area contributed by atoms with Crippen molar-refractivity contribution in [3.63, 3.8) is 0 Å². The van der Waals surface area contributed by atoms with Crippen molar-refractivity contribution in [2.45, 2.75) is 6.30 Å². The number of halogens is 2. The molecule has 1 aromatic carbocycles. The molecule has 1 aliphatic heterocycles. The second-order valence-electron chi connectivity index (χ2n) is 5.05. The largest absolute Gasteiger partial charge is 0.376 e. The van der Waals surface area contributed by atoms with Gasteiger partial charge in [-0.15, -0.1) is 0 Å². The van der Waals surface area contributed by atoms with E-state index in [0.717, 1.165) is 0 Å². The van der Waals surface area contributed by atoms with Crippen LogP contribution in [0.5, 0.6) is 0 Å². The Morgan fingerprint density at radius 2 is 2.08 bits per heavy atom. The highest BCUT2D eigenvalue weighted by atomic mass is 35.5. The van der Waals surface area contributed by atoms with Crippen molar-refractivity contribution in [2.75, 3.05) is 24.8 Å². The van der Waals surface area contributed by atoms with E-state index in [1.807, 2.05) is 0 Å². The number of hydrogen-bond donors (Lipinski definition) is 0. The lowest BCUT2D eigenvalue weighted by Crippen LogP contribution is -2.51. The Balaban J connectivity index is 2.15. The van der Waals surface area contributed by atoms with Gasteiger partial charge in [-0.3, -0.25) is 10.1 Å². The molecule has 1 aliphatic rings. The highest BCUT2D eigenvalue weighted by molar-refractivity contribution is 6.29. The van der Waals surface area contributed by atoms with Gasteiger partial charge in [-0.2, -0.15) is 5.01 Å². The number of nitro groups is 1. The molecule has 7 nitrogen and oxygen atoms in total. The van der Waals surface area contributed by atoms with E-state index in [2.05, 4.69) is 4.98 Å². The predicted octanol–water partition coefficient (Wildman–Crippen LogP) is 3.32. The minimum absolute atomic E-state index is 0.0387. The van der Waals surface area contributed by atoms with Gasteiger partial charge in [-0.1, -0.05) is 29.8 Å². The molecule has 0 spiro atoms. The van der Waals surface area contributed by atoms with E-state index >= 15 is 0 Å². The SMILES string of the molecule is O=[N+]([O-])c1ccc(Cl)nc1N(c1ccccc1)N1CCOCC1F. The molecule has 0 N–H and O–H groups in total. The Morgan fingerprint density at radius 1 is 1.33 bits per heavy atom. The van der Waals surface area contributed by atoms with Crippen LogP contribution in [0.3, 0.4) is 0 Å². The molecule has 1 fully saturated rings. The Labute approximate surface area is 142 Å². The van der Waals surface area contributed by atoms with Crippen molar-refractivity contribution < 1.29 is 14.1 Å². The van der Waals surface area contributed by atoms with Crippen molar-refractivity contribution in [1.82, 2.24) is 9.99 Å². The summed E-state index contributed by atoms with van der Waals surface area (Å²) in [5.74, 6) is -0.0387. The number of pyridine rings is 1. The maximum Gasteiger partial charge on any atom is 0.313 e. The summed E-state index contributed by atoms with van der Waals surface area (Å²) in [7, 11) is 0. The van der Waals surface area contributed by atoms with Crippen molar-refractivity contribution in [3.05, 3.63) is 57.7 Å². The second kappa shape index (κ2) is 7.08. The molecular formula is C15H14ClFN4O3. The normalized spacial score (nSPS) is 18.3. The number of rotatable bonds is 4. The molecular weight excluding hydrogens is 339 g/mol. The molecule has 3 rings (SSSR count). The van der Waals surface area contributed by atoms with Crippen molar-refractivity contribution >= 4 is 28.8 Å². The number of para-hydroxylation sites is 1. The van der Waals surface area contributed by atoms with Crippen LogP contribution >= 0.6 is 11.6 Å². The highest BCUT2D eigenvalue weighted by Crippen LogP contribution is 2.35. The third-order valence-electron chi connectivity index (χ3n) is 3.52. The molecule has 9 heteroatoms. The van der Waals surface area contributed by atoms with Gasteiger partial charge in [0.15, 0.2) is 6.30 Å². The maximum atomic E-state index is 14.4. The molecule has 2 heterocycles. The van der Waals surface area contributed by atoms with Gasteiger partial charge in [-0.25, -0.2) is 14.4 Å². The van der Waals surface area contributed by atoms with Gasteiger partial charge in [0.1, 0.15) is 5.15 Å². The Kier molecular flexibility index (Phi) is 4.89. The van der Waals surface area contributed by atoms with Crippen LogP contribution in [0, 0.1) is 10.1 Å². The summed E-state index contributed by atoms with van der Waals surface area (Å²) in [6, 6.07) is 11.3. The molecule has 0 bridgehead atoms. The molecule has 0 amide bonds. The van der Waals surface area contributed by atoms with Crippen LogP contribution in [0.1, 0.15) is 0 Å². The zero-order valence-electron chi connectivity index (χ0n) is 12.5. The molecule has 1 atom stereocenters. The average Bonchev–Trinajstić information content (AvgIpc) is 2.58. The van der Waals surface area contributed by atoms with Gasteiger partial charge >= 0.3 is 5.69 Å². The number of hydrogen-bond acceptors (Lipinski definition) is 6. The summed E-state index contributed by atoms with van der Waals surface area (Å²) >= 11 is 5.93. The zero-order chi connectivity index (χ0) is 17.1. The monoisotopic (exact) mass is 352 g/mol. The number of anilines is 2. The number of nitrogens with zero attached hydrogens (tertiary/aromatic N) is 4. The molecule has 0 saturated carbocycles. The first-order valence-corrected chi connectivity index (χ1v) is 7.60. The van der Waals surface area contributed by atoms with Gasteiger partial charge in [-0.05, 0) is 18.2 Å². The summed E-state index contributed by atoms with van der Waals surface area (Å²) < 4.78 is 19.5. The summed E-state index contributed by atoms with van der Waals surface area (Å²) in [6.07, 6.45) is -1.46. The van der Waals surface area contributed by atoms with Crippen molar-refractivity contribution in [3.8, 4) is 0 Å². The number of ether oxygens (including phenoxy) is 1. The Hall–Kier alpha value is -2.29. The summed E-state index contributed by atoms with van der Waals surface area (Å²) in [5.41, 5.74) is 0.280. The molecule has 126 valence electrons. The lowest BCUT2D eigenvalue weighted by Gasteiger charge is -2.39. The van der Waals surface area contributed by atoms with Crippen LogP contribution in [-0.2, 0) is 4.74 Å². The third-order valence-corrected chi connectivity index (χ3v) is 3.73. The molecule has 2 aromatic rings. The summed E-state index contributed by atoms with van der Waals surface area (Å²) in [5, 5.41) is 14.2. The number of alkyl halides is 1. The standard InChI is InChI=1S/C15H14ClFN4O3/c16-13-7-6-12(21(22)23)15(18-13)20(11-4-2-1-3-5-11)19-8-9-24-10-14(19)17/h1-7,14H,8-10H2.